The highest BCUT2D eigenvalue weighted by molar-refractivity contribution is 9.10. The van der Waals surface area contributed by atoms with Crippen LogP contribution in [0.5, 0.6) is 0 Å². The second-order valence-corrected chi connectivity index (χ2v) is 10.3. The zero-order valence-electron chi connectivity index (χ0n) is 20.4. The number of fused-ring (bicyclic) bond motifs is 1. The quantitative estimate of drug-likeness (QED) is 0.356. The number of nitrogens with one attached hydrogen (secondary N) is 1. The van der Waals surface area contributed by atoms with Crippen LogP contribution in [0, 0.1) is 5.82 Å². The monoisotopic (exact) mass is 575 g/mol. The molecule has 1 saturated heterocycles. The Morgan fingerprint density at radius 2 is 1.82 bits per heavy atom. The summed E-state index contributed by atoms with van der Waals surface area (Å²) in [5.74, 6) is -0.517. The second kappa shape index (κ2) is 9.77. The van der Waals surface area contributed by atoms with Gasteiger partial charge in [-0.3, -0.25) is 9.59 Å². The Labute approximate surface area is 226 Å². The third-order valence-corrected chi connectivity index (χ3v) is 7.26. The van der Waals surface area contributed by atoms with Gasteiger partial charge in [0.1, 0.15) is 23.3 Å². The molecule has 6 rings (SSSR count). The topological polar surface area (TPSA) is 89.3 Å². The normalized spacial score (nSPS) is 18.7. The smallest absolute Gasteiger partial charge is 0.253 e. The molecule has 2 atom stereocenters. The Balaban J connectivity index is 1.34. The van der Waals surface area contributed by atoms with Crippen molar-refractivity contribution >= 4 is 33.4 Å². The first-order chi connectivity index (χ1) is 18.4. The predicted octanol–water partition coefficient (Wildman–Crippen LogP) is 4.82. The van der Waals surface area contributed by atoms with Crippen molar-refractivity contribution < 1.29 is 18.7 Å². The van der Waals surface area contributed by atoms with E-state index in [4.69, 9.17) is 14.9 Å². The van der Waals surface area contributed by atoms with Crippen molar-refractivity contribution in [3.63, 3.8) is 0 Å². The van der Waals surface area contributed by atoms with E-state index in [1.807, 2.05) is 42.5 Å². The second-order valence-electron chi connectivity index (χ2n) is 9.34. The van der Waals surface area contributed by atoms with Crippen LogP contribution in [0.4, 0.5) is 10.1 Å². The first-order valence-corrected chi connectivity index (χ1v) is 13.0. The number of rotatable bonds is 6. The van der Waals surface area contributed by atoms with Gasteiger partial charge in [-0.25, -0.2) is 4.39 Å². The van der Waals surface area contributed by atoms with Crippen LogP contribution in [-0.2, 0) is 27.2 Å². The Bertz CT molecular complexity index is 1540. The van der Waals surface area contributed by atoms with E-state index in [1.54, 1.807) is 24.0 Å². The molecule has 0 saturated carbocycles. The number of carbonyl (C=O) groups excluding carboxylic acids is 2. The van der Waals surface area contributed by atoms with E-state index in [-0.39, 0.29) is 17.6 Å². The van der Waals surface area contributed by atoms with Gasteiger partial charge in [0.2, 0.25) is 5.91 Å². The van der Waals surface area contributed by atoms with E-state index >= 15 is 0 Å². The third-order valence-electron chi connectivity index (χ3n) is 6.73. The van der Waals surface area contributed by atoms with Crippen molar-refractivity contribution in [2.45, 2.75) is 32.1 Å². The van der Waals surface area contributed by atoms with Crippen LogP contribution >= 0.6 is 15.9 Å². The minimum atomic E-state index is -0.764. The molecule has 2 aliphatic heterocycles. The fraction of sp³-hybridized carbons (Fsp3) is 0.214. The lowest BCUT2D eigenvalue weighted by atomic mass is 10.1. The summed E-state index contributed by atoms with van der Waals surface area (Å²) in [6.45, 7) is 2.11. The van der Waals surface area contributed by atoms with Gasteiger partial charge in [0, 0.05) is 22.3 Å². The van der Waals surface area contributed by atoms with Crippen LogP contribution in [-0.4, -0.2) is 44.4 Å². The lowest BCUT2D eigenvalue weighted by Gasteiger charge is -2.22. The van der Waals surface area contributed by atoms with Crippen molar-refractivity contribution in [3.05, 3.63) is 93.8 Å². The Morgan fingerprint density at radius 1 is 1.05 bits per heavy atom. The third kappa shape index (κ3) is 4.61. The molecular weight excluding hydrogens is 553 g/mol. The van der Waals surface area contributed by atoms with Crippen molar-refractivity contribution in [2.24, 2.45) is 0 Å². The number of hydrogen-bond donors (Lipinski definition) is 1. The number of hydrogen-bond acceptors (Lipinski definition) is 5. The summed E-state index contributed by atoms with van der Waals surface area (Å²) < 4.78 is 20.7. The summed E-state index contributed by atoms with van der Waals surface area (Å²) in [7, 11) is 0. The van der Waals surface area contributed by atoms with Crippen LogP contribution in [0.25, 0.3) is 16.9 Å². The van der Waals surface area contributed by atoms with Gasteiger partial charge < -0.3 is 15.0 Å². The maximum Gasteiger partial charge on any atom is 0.253 e. The van der Waals surface area contributed by atoms with E-state index in [0.717, 1.165) is 27.0 Å². The molecular formula is C28H23BrFN5O3. The van der Waals surface area contributed by atoms with Crippen LogP contribution in [0.2, 0.25) is 0 Å². The molecule has 10 heteroatoms. The van der Waals surface area contributed by atoms with Crippen molar-refractivity contribution in [1.29, 1.82) is 0 Å². The maximum absolute atomic E-state index is 13.7. The lowest BCUT2D eigenvalue weighted by molar-refractivity contribution is -0.130. The molecule has 4 aromatic rings. The number of anilines is 1. The number of ether oxygens (including phenoxy) is 1. The molecule has 0 spiro atoms. The predicted molar refractivity (Wildman–Crippen MR) is 142 cm³/mol. The van der Waals surface area contributed by atoms with Gasteiger partial charge in [-0.1, -0.05) is 28.1 Å². The summed E-state index contributed by atoms with van der Waals surface area (Å²) in [5.41, 5.74) is 5.18. The molecule has 8 nitrogen and oxygen atoms in total. The van der Waals surface area contributed by atoms with Crippen molar-refractivity contribution in [2.75, 3.05) is 11.9 Å². The Kier molecular flexibility index (Phi) is 6.29. The molecule has 1 N–H and O–H groups in total. The number of amides is 2. The molecule has 3 heterocycles. The average molecular weight is 576 g/mol. The van der Waals surface area contributed by atoms with Gasteiger partial charge in [-0.15, -0.1) is 10.2 Å². The molecule has 0 unspecified atom stereocenters. The molecule has 3 aromatic carbocycles. The first-order valence-electron chi connectivity index (χ1n) is 12.2. The summed E-state index contributed by atoms with van der Waals surface area (Å²) in [6.07, 6.45) is -0.485. The molecule has 2 aliphatic rings. The van der Waals surface area contributed by atoms with Gasteiger partial charge in [-0.2, -0.15) is 4.80 Å². The summed E-state index contributed by atoms with van der Waals surface area (Å²) in [6, 6.07) is 19.4. The summed E-state index contributed by atoms with van der Waals surface area (Å²) in [5, 5.41) is 12.3. The van der Waals surface area contributed by atoms with Crippen LogP contribution in [0.1, 0.15) is 30.0 Å². The highest BCUT2D eigenvalue weighted by Gasteiger charge is 2.41. The Hall–Kier alpha value is -3.89. The molecule has 1 aromatic heterocycles. The van der Waals surface area contributed by atoms with E-state index in [1.165, 1.54) is 16.9 Å². The van der Waals surface area contributed by atoms with Crippen LogP contribution in [0.15, 0.2) is 71.2 Å². The van der Waals surface area contributed by atoms with Gasteiger partial charge in [0.25, 0.3) is 5.91 Å². The van der Waals surface area contributed by atoms with E-state index in [9.17, 15) is 14.0 Å². The number of benzene rings is 3. The van der Waals surface area contributed by atoms with Gasteiger partial charge in [0.05, 0.1) is 12.1 Å². The van der Waals surface area contributed by atoms with E-state index < -0.39 is 12.3 Å². The van der Waals surface area contributed by atoms with E-state index in [2.05, 4.69) is 21.2 Å². The minimum absolute atomic E-state index is 0.0173. The molecule has 38 heavy (non-hydrogen) atoms. The van der Waals surface area contributed by atoms with Gasteiger partial charge in [0.15, 0.2) is 6.23 Å². The lowest BCUT2D eigenvalue weighted by Crippen LogP contribution is -2.32. The van der Waals surface area contributed by atoms with Crippen molar-refractivity contribution in [3.8, 4) is 16.9 Å². The largest absolute Gasteiger partial charge is 0.339 e. The fourth-order valence-corrected chi connectivity index (χ4v) is 5.05. The number of nitrogens with zero attached hydrogens (tertiary/aromatic N) is 4. The molecule has 2 amide bonds. The standard InChI is InChI=1S/C28H23BrFN5O3/c1-16-27(37)34(13-12-17-2-11-23-19(14-17)15-24(36)31-23)28(38-16)26-25(18-3-7-21(30)8-4-18)32-35(33-26)22-9-5-20(29)6-10-22/h2-11,14,16,28H,12-13,15H2,1H3,(H,31,36)/t16-,28-/m0/s1. The summed E-state index contributed by atoms with van der Waals surface area (Å²) in [4.78, 5) is 28.1. The molecule has 1 fully saturated rings. The van der Waals surface area contributed by atoms with Gasteiger partial charge >= 0.3 is 0 Å². The first kappa shape index (κ1) is 24.4. The van der Waals surface area contributed by atoms with E-state index in [0.29, 0.717) is 36.3 Å². The minimum Gasteiger partial charge on any atom is -0.339 e. The molecule has 192 valence electrons. The zero-order valence-corrected chi connectivity index (χ0v) is 22.0. The van der Waals surface area contributed by atoms with Crippen LogP contribution < -0.4 is 5.32 Å². The highest BCUT2D eigenvalue weighted by Crippen LogP contribution is 2.36. The maximum atomic E-state index is 13.7. The fourth-order valence-electron chi connectivity index (χ4n) is 4.79. The van der Waals surface area contributed by atoms with Gasteiger partial charge in [-0.05, 0) is 79.1 Å². The van der Waals surface area contributed by atoms with Crippen molar-refractivity contribution in [1.82, 2.24) is 19.9 Å². The highest BCUT2D eigenvalue weighted by atomic mass is 79.9. The SMILES string of the molecule is C[C@@H]1O[C@@H](c2nn(-c3ccc(Br)cc3)nc2-c2ccc(F)cc2)N(CCc2ccc3c(c2)CC(=O)N3)C1=O. The number of aromatic nitrogens is 3. The molecule has 0 radical (unpaired) electrons. The Morgan fingerprint density at radius 3 is 2.58 bits per heavy atom. The average Bonchev–Trinajstić information content (AvgIpc) is 3.58. The zero-order chi connectivity index (χ0) is 26.4. The van der Waals surface area contributed by atoms with Crippen LogP contribution in [0.3, 0.4) is 0 Å². The number of carbonyl (C=O) groups is 2. The molecule has 0 aliphatic carbocycles. The number of halogens is 2. The molecule has 0 bridgehead atoms. The summed E-state index contributed by atoms with van der Waals surface area (Å²) >= 11 is 3.44.